The largest absolute Gasteiger partial charge is 0.491 e. The number of carbonyl (C=O) groups is 2. The first-order valence-corrected chi connectivity index (χ1v) is 6.83. The van der Waals surface area contributed by atoms with Crippen molar-refractivity contribution in [3.8, 4) is 11.8 Å². The number of amides is 3. The molecule has 0 aromatic heterocycles. The summed E-state index contributed by atoms with van der Waals surface area (Å²) in [5.74, 6) is 0.226. The molecule has 1 aliphatic rings. The Kier molecular flexibility index (Phi) is 4.96. The van der Waals surface area contributed by atoms with Crippen molar-refractivity contribution in [2.24, 2.45) is 0 Å². The normalized spacial score (nSPS) is 15.9. The van der Waals surface area contributed by atoms with Crippen LogP contribution in [-0.4, -0.2) is 59.7 Å². The Bertz CT molecular complexity index is 594. The molecule has 1 N–H and O–H groups in total. The zero-order valence-electron chi connectivity index (χ0n) is 12.2. The molecule has 0 aliphatic carbocycles. The Labute approximate surface area is 128 Å². The predicted molar refractivity (Wildman–Crippen MR) is 77.0 cm³/mol. The van der Waals surface area contributed by atoms with Crippen LogP contribution in [0.25, 0.3) is 0 Å². The molecule has 7 heteroatoms. The summed E-state index contributed by atoms with van der Waals surface area (Å²) in [5.41, 5.74) is 0.881. The number of urea groups is 1. The van der Waals surface area contributed by atoms with Crippen molar-refractivity contribution >= 4 is 11.9 Å². The van der Waals surface area contributed by atoms with E-state index in [1.807, 2.05) is 0 Å². The first kappa shape index (κ1) is 15.8. The van der Waals surface area contributed by atoms with Crippen molar-refractivity contribution < 1.29 is 19.4 Å². The van der Waals surface area contributed by atoms with Crippen LogP contribution in [0.15, 0.2) is 24.3 Å². The van der Waals surface area contributed by atoms with Gasteiger partial charge in [-0.25, -0.2) is 4.79 Å². The molecular formula is C15H17N3O4. The number of rotatable bonds is 6. The number of hydrogen-bond acceptors (Lipinski definition) is 5. The fraction of sp³-hybridized carbons (Fsp3) is 0.400. The minimum Gasteiger partial charge on any atom is -0.491 e. The maximum absolute atomic E-state index is 11.7. The summed E-state index contributed by atoms with van der Waals surface area (Å²) in [7, 11) is 1.53. The van der Waals surface area contributed by atoms with E-state index >= 15 is 0 Å². The Morgan fingerprint density at radius 1 is 1.36 bits per heavy atom. The number of aliphatic hydroxyl groups is 1. The first-order chi connectivity index (χ1) is 10.5. The van der Waals surface area contributed by atoms with E-state index in [0.717, 1.165) is 10.5 Å². The highest BCUT2D eigenvalue weighted by molar-refractivity contribution is 6.01. The number of nitriles is 1. The van der Waals surface area contributed by atoms with Crippen LogP contribution in [0.3, 0.4) is 0 Å². The van der Waals surface area contributed by atoms with E-state index in [-0.39, 0.29) is 25.6 Å². The quantitative estimate of drug-likeness (QED) is 0.767. The number of β-amino-alcohol motifs (C(OH)–C–C–N with tert-alkyl or cyclic N) is 1. The second-order valence-corrected chi connectivity index (χ2v) is 5.09. The Morgan fingerprint density at radius 3 is 2.59 bits per heavy atom. The maximum atomic E-state index is 11.7. The summed E-state index contributed by atoms with van der Waals surface area (Å²) < 4.78 is 5.41. The molecule has 0 spiro atoms. The van der Waals surface area contributed by atoms with Crippen LogP contribution in [0.1, 0.15) is 5.56 Å². The van der Waals surface area contributed by atoms with Crippen LogP contribution >= 0.6 is 0 Å². The number of carbonyl (C=O) groups excluding carboxylic acids is 2. The third-order valence-electron chi connectivity index (χ3n) is 3.27. The molecule has 22 heavy (non-hydrogen) atoms. The van der Waals surface area contributed by atoms with Gasteiger partial charge in [0.25, 0.3) is 0 Å². The zero-order chi connectivity index (χ0) is 16.1. The molecule has 3 amide bonds. The van der Waals surface area contributed by atoms with Crippen LogP contribution < -0.4 is 4.74 Å². The number of nitrogens with zero attached hydrogens (tertiary/aromatic N) is 3. The Hall–Kier alpha value is -2.59. The van der Waals surface area contributed by atoms with Crippen molar-refractivity contribution in [2.75, 3.05) is 26.7 Å². The fourth-order valence-electron chi connectivity index (χ4n) is 2.10. The standard InChI is InChI=1S/C15H17N3O4/c1-17-9-14(20)18(15(17)21)8-12(19)10-22-13-4-2-11(3-5-13)6-7-16/h2-5,12,19H,6,8-10H2,1H3/t12-/m1/s1. The molecule has 1 saturated heterocycles. The summed E-state index contributed by atoms with van der Waals surface area (Å²) in [4.78, 5) is 25.6. The molecule has 1 heterocycles. The average Bonchev–Trinajstić information content (AvgIpc) is 2.73. The highest BCUT2D eigenvalue weighted by Gasteiger charge is 2.34. The molecule has 1 aliphatic heterocycles. The molecule has 0 radical (unpaired) electrons. The lowest BCUT2D eigenvalue weighted by Crippen LogP contribution is -2.40. The van der Waals surface area contributed by atoms with Gasteiger partial charge in [0, 0.05) is 7.05 Å². The van der Waals surface area contributed by atoms with Crippen LogP contribution in [0.5, 0.6) is 5.75 Å². The zero-order valence-corrected chi connectivity index (χ0v) is 12.2. The van der Waals surface area contributed by atoms with Gasteiger partial charge >= 0.3 is 6.03 Å². The van der Waals surface area contributed by atoms with E-state index in [1.165, 1.54) is 11.9 Å². The second kappa shape index (κ2) is 6.91. The Balaban J connectivity index is 1.83. The number of ether oxygens (including phenoxy) is 1. The van der Waals surface area contributed by atoms with Crippen LogP contribution in [-0.2, 0) is 11.2 Å². The van der Waals surface area contributed by atoms with Gasteiger partial charge in [-0.2, -0.15) is 5.26 Å². The topological polar surface area (TPSA) is 93.9 Å². The molecule has 1 fully saturated rings. The molecule has 1 aromatic carbocycles. The smallest absolute Gasteiger partial charge is 0.327 e. The first-order valence-electron chi connectivity index (χ1n) is 6.83. The number of aliphatic hydroxyl groups excluding tert-OH is 1. The minimum atomic E-state index is -0.960. The number of imide groups is 1. The van der Waals surface area contributed by atoms with Gasteiger partial charge in [0.15, 0.2) is 0 Å². The van der Waals surface area contributed by atoms with Gasteiger partial charge in [-0.3, -0.25) is 9.69 Å². The summed E-state index contributed by atoms with van der Waals surface area (Å²) >= 11 is 0. The van der Waals surface area contributed by atoms with Gasteiger partial charge in [-0.1, -0.05) is 12.1 Å². The molecule has 0 saturated carbocycles. The number of hydrogen-bond donors (Lipinski definition) is 1. The summed E-state index contributed by atoms with van der Waals surface area (Å²) in [5, 5.41) is 18.5. The van der Waals surface area contributed by atoms with Crippen LogP contribution in [0.4, 0.5) is 4.79 Å². The van der Waals surface area contributed by atoms with Gasteiger partial charge in [-0.05, 0) is 17.7 Å². The van der Waals surface area contributed by atoms with Crippen molar-refractivity contribution in [1.82, 2.24) is 9.80 Å². The van der Waals surface area contributed by atoms with Gasteiger partial charge in [0.2, 0.25) is 5.91 Å². The molecule has 1 atom stereocenters. The summed E-state index contributed by atoms with van der Waals surface area (Å²) in [6.45, 7) is -0.0837. The highest BCUT2D eigenvalue weighted by Crippen LogP contribution is 2.14. The molecular weight excluding hydrogens is 286 g/mol. The van der Waals surface area contributed by atoms with E-state index in [1.54, 1.807) is 24.3 Å². The third-order valence-corrected chi connectivity index (χ3v) is 3.27. The Morgan fingerprint density at radius 2 is 2.05 bits per heavy atom. The summed E-state index contributed by atoms with van der Waals surface area (Å²) in [6, 6.07) is 8.60. The monoisotopic (exact) mass is 303 g/mol. The lowest BCUT2D eigenvalue weighted by atomic mass is 10.2. The molecule has 1 aromatic rings. The average molecular weight is 303 g/mol. The molecule has 116 valence electrons. The molecule has 0 bridgehead atoms. The van der Waals surface area contributed by atoms with Crippen LogP contribution in [0, 0.1) is 11.3 Å². The maximum Gasteiger partial charge on any atom is 0.327 e. The van der Waals surface area contributed by atoms with E-state index < -0.39 is 12.1 Å². The highest BCUT2D eigenvalue weighted by atomic mass is 16.5. The molecule has 2 rings (SSSR count). The van der Waals surface area contributed by atoms with E-state index in [0.29, 0.717) is 12.2 Å². The van der Waals surface area contributed by atoms with Crippen molar-refractivity contribution in [2.45, 2.75) is 12.5 Å². The van der Waals surface area contributed by atoms with Gasteiger partial charge in [0.05, 0.1) is 19.0 Å². The van der Waals surface area contributed by atoms with Crippen molar-refractivity contribution in [3.63, 3.8) is 0 Å². The summed E-state index contributed by atoms with van der Waals surface area (Å²) in [6.07, 6.45) is -0.631. The van der Waals surface area contributed by atoms with Gasteiger partial charge in [0.1, 0.15) is 25.0 Å². The SMILES string of the molecule is CN1CC(=O)N(C[C@@H](O)COc2ccc(CC#N)cc2)C1=O. The van der Waals surface area contributed by atoms with Crippen molar-refractivity contribution in [3.05, 3.63) is 29.8 Å². The molecule has 0 unspecified atom stereocenters. The van der Waals surface area contributed by atoms with Crippen molar-refractivity contribution in [1.29, 1.82) is 5.26 Å². The van der Waals surface area contributed by atoms with E-state index in [2.05, 4.69) is 6.07 Å². The van der Waals surface area contributed by atoms with E-state index in [9.17, 15) is 14.7 Å². The van der Waals surface area contributed by atoms with Gasteiger partial charge in [-0.15, -0.1) is 0 Å². The molecule has 7 nitrogen and oxygen atoms in total. The third kappa shape index (κ3) is 3.74. The lowest BCUT2D eigenvalue weighted by molar-refractivity contribution is -0.126. The minimum absolute atomic E-state index is 0.0294. The second-order valence-electron chi connectivity index (χ2n) is 5.09. The number of benzene rings is 1. The van der Waals surface area contributed by atoms with Crippen LogP contribution in [0.2, 0.25) is 0 Å². The fourth-order valence-corrected chi connectivity index (χ4v) is 2.10. The number of likely N-dealkylation sites (N-methyl/N-ethyl adjacent to an activating group) is 1. The lowest BCUT2D eigenvalue weighted by Gasteiger charge is -2.18. The van der Waals surface area contributed by atoms with Gasteiger partial charge < -0.3 is 14.7 Å². The predicted octanol–water partition coefficient (Wildman–Crippen LogP) is 0.386. The van der Waals surface area contributed by atoms with E-state index in [4.69, 9.17) is 10.00 Å².